The molecule has 22 heavy (non-hydrogen) atoms. The quantitative estimate of drug-likeness (QED) is 0.871. The van der Waals surface area contributed by atoms with E-state index in [9.17, 15) is 13.0 Å². The number of para-hydroxylation sites is 1. The molecule has 1 aliphatic heterocycles. The lowest BCUT2D eigenvalue weighted by Crippen LogP contribution is -2.21. The molecule has 1 aliphatic rings. The van der Waals surface area contributed by atoms with Crippen molar-refractivity contribution in [2.24, 2.45) is 0 Å². The average molecular weight is 339 g/mol. The second kappa shape index (κ2) is 5.66. The average Bonchev–Trinajstić information content (AvgIpc) is 2.93. The van der Waals surface area contributed by atoms with Crippen LogP contribution in [0.25, 0.3) is 0 Å². The van der Waals surface area contributed by atoms with Gasteiger partial charge in [0.1, 0.15) is 11.0 Å². The van der Waals surface area contributed by atoms with Crippen LogP contribution in [-0.4, -0.2) is 33.7 Å². The van der Waals surface area contributed by atoms with E-state index in [0.717, 1.165) is 16.9 Å². The normalized spacial score (nSPS) is 18.0. The van der Waals surface area contributed by atoms with Crippen LogP contribution >= 0.6 is 11.3 Å². The van der Waals surface area contributed by atoms with Gasteiger partial charge in [-0.3, -0.25) is 4.55 Å². The Morgan fingerprint density at radius 2 is 2.09 bits per heavy atom. The summed E-state index contributed by atoms with van der Waals surface area (Å²) in [7, 11) is -0.786. The third kappa shape index (κ3) is 2.65. The Kier molecular flexibility index (Phi) is 3.98. The molecule has 2 heterocycles. The Bertz CT molecular complexity index is 796. The topological polar surface area (TPSA) is 66.8 Å². The van der Waals surface area contributed by atoms with Crippen LogP contribution < -0.4 is 4.90 Å². The zero-order valence-electron chi connectivity index (χ0n) is 12.3. The van der Waals surface area contributed by atoms with Crippen LogP contribution in [0.4, 0.5) is 5.69 Å². The van der Waals surface area contributed by atoms with E-state index in [1.807, 2.05) is 11.4 Å². The third-order valence-electron chi connectivity index (χ3n) is 3.71. The lowest BCUT2D eigenvalue weighted by atomic mass is 9.99. The lowest BCUT2D eigenvalue weighted by molar-refractivity contribution is 0.0730. The van der Waals surface area contributed by atoms with E-state index in [4.69, 9.17) is 4.74 Å². The zero-order valence-corrected chi connectivity index (χ0v) is 13.9. The molecule has 0 unspecified atom stereocenters. The van der Waals surface area contributed by atoms with E-state index >= 15 is 0 Å². The molecule has 3 rings (SSSR count). The summed E-state index contributed by atoms with van der Waals surface area (Å²) in [5, 5.41) is 2.02. The third-order valence-corrected chi connectivity index (χ3v) is 5.60. The first kappa shape index (κ1) is 15.5. The van der Waals surface area contributed by atoms with Crippen molar-refractivity contribution in [1.29, 1.82) is 0 Å². The van der Waals surface area contributed by atoms with Crippen molar-refractivity contribution >= 4 is 27.1 Å². The van der Waals surface area contributed by atoms with E-state index in [2.05, 4.69) is 6.07 Å². The van der Waals surface area contributed by atoms with Gasteiger partial charge in [-0.1, -0.05) is 12.1 Å². The standard InChI is InChI=1S/C15H17NO4S2/c1-16(2)13-11(4-3-5-12(13)22(17,18)19)14-15-10(6-8-20-14)7-9-21-15/h3-5,7,9,14H,6,8H2,1-2H3,(H,17,18,19)/t14-/m0/s1. The summed E-state index contributed by atoms with van der Waals surface area (Å²) in [6.45, 7) is 0.595. The van der Waals surface area contributed by atoms with Crippen LogP contribution in [0.1, 0.15) is 22.1 Å². The fourth-order valence-electron chi connectivity index (χ4n) is 2.82. The monoisotopic (exact) mass is 339 g/mol. The minimum atomic E-state index is -4.30. The highest BCUT2D eigenvalue weighted by atomic mass is 32.2. The second-order valence-corrected chi connectivity index (χ2v) is 7.71. The summed E-state index contributed by atoms with van der Waals surface area (Å²) >= 11 is 1.61. The van der Waals surface area contributed by atoms with E-state index < -0.39 is 10.1 Å². The maximum absolute atomic E-state index is 11.7. The van der Waals surface area contributed by atoms with Crippen molar-refractivity contribution in [3.8, 4) is 0 Å². The molecule has 0 radical (unpaired) electrons. The highest BCUT2D eigenvalue weighted by Gasteiger charge is 2.29. The Morgan fingerprint density at radius 3 is 2.77 bits per heavy atom. The Morgan fingerprint density at radius 1 is 1.32 bits per heavy atom. The molecule has 2 aromatic rings. The smallest absolute Gasteiger partial charge is 0.296 e. The molecular formula is C15H17NO4S2. The highest BCUT2D eigenvalue weighted by Crippen LogP contribution is 2.41. The largest absolute Gasteiger partial charge is 0.376 e. The van der Waals surface area contributed by atoms with Gasteiger partial charge in [0.05, 0.1) is 12.3 Å². The van der Waals surface area contributed by atoms with Crippen molar-refractivity contribution in [3.63, 3.8) is 0 Å². The van der Waals surface area contributed by atoms with Crippen LogP contribution in [0.15, 0.2) is 34.5 Å². The summed E-state index contributed by atoms with van der Waals surface area (Å²) in [6.07, 6.45) is 0.563. The molecule has 0 spiro atoms. The Hall–Kier alpha value is -1.41. The zero-order chi connectivity index (χ0) is 15.9. The van der Waals surface area contributed by atoms with E-state index in [1.54, 1.807) is 36.4 Å². The number of rotatable bonds is 3. The predicted octanol–water partition coefficient (Wildman–Crippen LogP) is 2.72. The summed E-state index contributed by atoms with van der Waals surface area (Å²) < 4.78 is 38.8. The van der Waals surface area contributed by atoms with Gasteiger partial charge in [-0.15, -0.1) is 11.3 Å². The molecule has 0 saturated carbocycles. The molecule has 1 N–H and O–H groups in total. The van der Waals surface area contributed by atoms with Crippen molar-refractivity contribution in [2.75, 3.05) is 25.6 Å². The molecule has 0 fully saturated rings. The maximum Gasteiger partial charge on any atom is 0.296 e. The first-order chi connectivity index (χ1) is 10.4. The fourth-order valence-corrected chi connectivity index (χ4v) is 4.63. The number of anilines is 1. The van der Waals surface area contributed by atoms with Crippen molar-refractivity contribution in [2.45, 2.75) is 17.4 Å². The lowest BCUT2D eigenvalue weighted by Gasteiger charge is -2.28. The van der Waals surface area contributed by atoms with Crippen molar-refractivity contribution < 1.29 is 17.7 Å². The molecule has 0 saturated heterocycles. The van der Waals surface area contributed by atoms with Crippen molar-refractivity contribution in [3.05, 3.63) is 45.6 Å². The number of benzene rings is 1. The van der Waals surface area contributed by atoms with E-state index in [1.165, 1.54) is 11.6 Å². The Balaban J connectivity index is 2.21. The van der Waals surface area contributed by atoms with Gasteiger partial charge in [-0.25, -0.2) is 0 Å². The molecule has 1 atom stereocenters. The van der Waals surface area contributed by atoms with Gasteiger partial charge in [-0.05, 0) is 29.5 Å². The summed E-state index contributed by atoms with van der Waals surface area (Å²) in [4.78, 5) is 2.70. The summed E-state index contributed by atoms with van der Waals surface area (Å²) in [5.41, 5.74) is 2.46. The number of hydrogen-bond donors (Lipinski definition) is 1. The first-order valence-corrected chi connectivity index (χ1v) is 9.17. The van der Waals surface area contributed by atoms with Gasteiger partial charge in [-0.2, -0.15) is 8.42 Å². The van der Waals surface area contributed by atoms with Crippen LogP contribution in [0.3, 0.4) is 0 Å². The Labute approximate surface area is 133 Å². The van der Waals surface area contributed by atoms with Gasteiger partial charge in [0.25, 0.3) is 10.1 Å². The number of hydrogen-bond acceptors (Lipinski definition) is 5. The van der Waals surface area contributed by atoms with Gasteiger partial charge < -0.3 is 9.64 Å². The summed E-state index contributed by atoms with van der Waals surface area (Å²) in [6, 6.07) is 6.98. The fraction of sp³-hybridized carbons (Fsp3) is 0.333. The van der Waals surface area contributed by atoms with Gasteiger partial charge in [0.2, 0.25) is 0 Å². The molecule has 0 amide bonds. The number of fused-ring (bicyclic) bond motifs is 1. The van der Waals surface area contributed by atoms with Crippen LogP contribution in [0.5, 0.6) is 0 Å². The van der Waals surface area contributed by atoms with Gasteiger partial charge >= 0.3 is 0 Å². The summed E-state index contributed by atoms with van der Waals surface area (Å²) in [5.74, 6) is 0. The van der Waals surface area contributed by atoms with Crippen molar-refractivity contribution in [1.82, 2.24) is 0 Å². The highest BCUT2D eigenvalue weighted by molar-refractivity contribution is 7.86. The molecular weight excluding hydrogens is 322 g/mol. The molecule has 1 aromatic carbocycles. The van der Waals surface area contributed by atoms with Gasteiger partial charge in [0.15, 0.2) is 0 Å². The molecule has 0 bridgehead atoms. The number of ether oxygens (including phenoxy) is 1. The molecule has 118 valence electrons. The number of thiophene rings is 1. The van der Waals surface area contributed by atoms with E-state index in [0.29, 0.717) is 12.3 Å². The molecule has 5 nitrogen and oxygen atoms in total. The first-order valence-electron chi connectivity index (χ1n) is 6.85. The number of nitrogens with zero attached hydrogens (tertiary/aromatic N) is 1. The molecule has 1 aromatic heterocycles. The SMILES string of the molecule is CN(C)c1c([C@@H]2OCCc3ccsc32)cccc1S(=O)(=O)O. The maximum atomic E-state index is 11.7. The van der Waals surface area contributed by atoms with Crippen LogP contribution in [-0.2, 0) is 21.3 Å². The predicted molar refractivity (Wildman–Crippen MR) is 86.4 cm³/mol. The molecule has 7 heteroatoms. The minimum absolute atomic E-state index is 0.0951. The van der Waals surface area contributed by atoms with E-state index in [-0.39, 0.29) is 11.0 Å². The second-order valence-electron chi connectivity index (χ2n) is 5.37. The van der Waals surface area contributed by atoms with Crippen LogP contribution in [0, 0.1) is 0 Å². The minimum Gasteiger partial charge on any atom is -0.376 e. The van der Waals surface area contributed by atoms with Gasteiger partial charge in [0, 0.05) is 24.5 Å². The van der Waals surface area contributed by atoms with Crippen LogP contribution in [0.2, 0.25) is 0 Å². The molecule has 0 aliphatic carbocycles.